The van der Waals surface area contributed by atoms with E-state index < -0.39 is 11.5 Å². The predicted molar refractivity (Wildman–Crippen MR) is 70.6 cm³/mol. The van der Waals surface area contributed by atoms with Gasteiger partial charge < -0.3 is 4.74 Å². The van der Waals surface area contributed by atoms with E-state index in [-0.39, 0.29) is 12.5 Å². The molecule has 0 spiro atoms. The molecule has 2 rings (SSSR count). The van der Waals surface area contributed by atoms with Crippen LogP contribution in [0, 0.1) is 6.92 Å². The highest BCUT2D eigenvalue weighted by Gasteiger charge is 2.41. The number of amides is 2. The molecule has 19 heavy (non-hydrogen) atoms. The summed E-state index contributed by atoms with van der Waals surface area (Å²) in [5.74, 6) is 4.97. The fourth-order valence-corrected chi connectivity index (χ4v) is 2.02. The quantitative estimate of drug-likeness (QED) is 0.462. The number of anilines is 1. The van der Waals surface area contributed by atoms with E-state index in [2.05, 4.69) is 0 Å². The number of hydrogen-bond acceptors (Lipinski definition) is 4. The molecule has 1 aliphatic rings. The lowest BCUT2D eigenvalue weighted by Crippen LogP contribution is -2.55. The van der Waals surface area contributed by atoms with Crippen LogP contribution >= 0.6 is 0 Å². The minimum absolute atomic E-state index is 0.126. The van der Waals surface area contributed by atoms with Gasteiger partial charge in [-0.05, 0) is 38.5 Å². The Morgan fingerprint density at radius 2 is 2.16 bits per heavy atom. The van der Waals surface area contributed by atoms with Gasteiger partial charge in [0.05, 0.1) is 5.69 Å². The lowest BCUT2D eigenvalue weighted by Gasteiger charge is -2.38. The number of carbonyl (C=O) groups excluding carboxylic acids is 2. The van der Waals surface area contributed by atoms with Crippen LogP contribution in [0.4, 0.5) is 5.69 Å². The second-order valence-corrected chi connectivity index (χ2v) is 5.04. The van der Waals surface area contributed by atoms with E-state index in [1.54, 1.807) is 19.9 Å². The first-order valence-electron chi connectivity index (χ1n) is 5.96. The Morgan fingerprint density at radius 3 is 2.79 bits per heavy atom. The number of aryl methyl sites for hydroxylation is 1. The Morgan fingerprint density at radius 1 is 1.47 bits per heavy atom. The minimum Gasteiger partial charge on any atom is -0.476 e. The van der Waals surface area contributed by atoms with E-state index in [9.17, 15) is 9.59 Å². The molecule has 0 saturated carbocycles. The molecular formula is C13H17N3O3. The van der Waals surface area contributed by atoms with Gasteiger partial charge in [-0.25, -0.2) is 5.84 Å². The maximum atomic E-state index is 12.4. The fourth-order valence-electron chi connectivity index (χ4n) is 2.02. The number of fused-ring (bicyclic) bond motifs is 1. The van der Waals surface area contributed by atoms with E-state index in [1.165, 1.54) is 4.90 Å². The van der Waals surface area contributed by atoms with E-state index in [0.29, 0.717) is 11.4 Å². The van der Waals surface area contributed by atoms with Crippen molar-refractivity contribution in [3.63, 3.8) is 0 Å². The minimum atomic E-state index is -1.00. The van der Waals surface area contributed by atoms with Gasteiger partial charge in [-0.2, -0.15) is 0 Å². The summed E-state index contributed by atoms with van der Waals surface area (Å²) in [6.07, 6.45) is 0. The second-order valence-electron chi connectivity index (χ2n) is 5.04. The Labute approximate surface area is 111 Å². The van der Waals surface area contributed by atoms with Crippen LogP contribution in [0.1, 0.15) is 19.4 Å². The number of carbonyl (C=O) groups is 2. The van der Waals surface area contributed by atoms with Gasteiger partial charge in [-0.3, -0.25) is 19.9 Å². The Hall–Kier alpha value is -2.08. The zero-order valence-electron chi connectivity index (χ0n) is 11.2. The lowest BCUT2D eigenvalue weighted by atomic mass is 10.0. The number of nitrogens with two attached hydrogens (primary N) is 1. The average Bonchev–Trinajstić information content (AvgIpc) is 2.35. The number of rotatable bonds is 2. The monoisotopic (exact) mass is 263 g/mol. The van der Waals surface area contributed by atoms with Gasteiger partial charge in [0, 0.05) is 0 Å². The molecule has 102 valence electrons. The molecule has 0 bridgehead atoms. The van der Waals surface area contributed by atoms with Crippen LogP contribution in [0.2, 0.25) is 0 Å². The first-order chi connectivity index (χ1) is 8.85. The fraction of sp³-hybridized carbons (Fsp3) is 0.385. The second kappa shape index (κ2) is 4.55. The summed E-state index contributed by atoms with van der Waals surface area (Å²) in [7, 11) is 0. The van der Waals surface area contributed by atoms with Crippen molar-refractivity contribution in [1.29, 1.82) is 0 Å². The van der Waals surface area contributed by atoms with Gasteiger partial charge in [-0.15, -0.1) is 0 Å². The van der Waals surface area contributed by atoms with E-state index in [4.69, 9.17) is 10.6 Å². The van der Waals surface area contributed by atoms with Crippen molar-refractivity contribution >= 4 is 17.5 Å². The molecule has 0 aliphatic carbocycles. The van der Waals surface area contributed by atoms with Gasteiger partial charge in [0.25, 0.3) is 11.8 Å². The first kappa shape index (κ1) is 13.4. The average molecular weight is 263 g/mol. The van der Waals surface area contributed by atoms with Crippen LogP contribution in [0.5, 0.6) is 5.75 Å². The van der Waals surface area contributed by atoms with Gasteiger partial charge in [0.2, 0.25) is 0 Å². The number of nitrogens with one attached hydrogen (secondary N) is 1. The molecule has 0 atom stereocenters. The predicted octanol–water partition coefficient (Wildman–Crippen LogP) is 0.489. The normalized spacial score (nSPS) is 16.6. The van der Waals surface area contributed by atoms with Gasteiger partial charge in [0.15, 0.2) is 5.60 Å². The summed E-state index contributed by atoms with van der Waals surface area (Å²) in [6, 6.07) is 5.50. The topological polar surface area (TPSA) is 84.7 Å². The third-order valence-electron chi connectivity index (χ3n) is 2.99. The standard InChI is InChI=1S/C13H17N3O3/c1-8-4-5-10-9(6-8)16(7-11(17)15-14)12(18)13(2,3)19-10/h4-6H,7,14H2,1-3H3,(H,15,17). The molecule has 0 aromatic heterocycles. The molecule has 1 aliphatic heterocycles. The lowest BCUT2D eigenvalue weighted by molar-refractivity contribution is -0.134. The van der Waals surface area contributed by atoms with Crippen LogP contribution in [-0.2, 0) is 9.59 Å². The molecule has 6 nitrogen and oxygen atoms in total. The van der Waals surface area contributed by atoms with Gasteiger partial charge in [0.1, 0.15) is 12.3 Å². The smallest absolute Gasteiger partial charge is 0.271 e. The van der Waals surface area contributed by atoms with Crippen LogP contribution in [0.3, 0.4) is 0 Å². The first-order valence-corrected chi connectivity index (χ1v) is 5.96. The Balaban J connectivity index is 2.47. The number of benzene rings is 1. The zero-order chi connectivity index (χ0) is 14.2. The summed E-state index contributed by atoms with van der Waals surface area (Å²) < 4.78 is 5.68. The van der Waals surface area contributed by atoms with Crippen molar-refractivity contribution in [3.05, 3.63) is 23.8 Å². The summed E-state index contributed by atoms with van der Waals surface area (Å²) in [5, 5.41) is 0. The number of ether oxygens (including phenoxy) is 1. The van der Waals surface area contributed by atoms with Gasteiger partial charge in [-0.1, -0.05) is 6.07 Å². The van der Waals surface area contributed by atoms with Crippen LogP contribution in [-0.4, -0.2) is 24.0 Å². The summed E-state index contributed by atoms with van der Waals surface area (Å²) in [6.45, 7) is 5.13. The molecule has 3 N–H and O–H groups in total. The molecule has 1 aromatic carbocycles. The van der Waals surface area contributed by atoms with E-state index in [0.717, 1.165) is 5.56 Å². The summed E-state index contributed by atoms with van der Waals surface area (Å²) >= 11 is 0. The highest BCUT2D eigenvalue weighted by atomic mass is 16.5. The van der Waals surface area contributed by atoms with Crippen molar-refractivity contribution in [1.82, 2.24) is 5.43 Å². The molecule has 1 heterocycles. The van der Waals surface area contributed by atoms with Crippen LogP contribution in [0.25, 0.3) is 0 Å². The molecule has 6 heteroatoms. The van der Waals surface area contributed by atoms with Crippen molar-refractivity contribution in [3.8, 4) is 5.75 Å². The third-order valence-corrected chi connectivity index (χ3v) is 2.99. The SMILES string of the molecule is Cc1ccc2c(c1)N(CC(=O)NN)C(=O)C(C)(C)O2. The summed E-state index contributed by atoms with van der Waals surface area (Å²) in [5.41, 5.74) is 2.60. The Bertz CT molecular complexity index is 540. The molecule has 0 saturated heterocycles. The largest absolute Gasteiger partial charge is 0.476 e. The Kier molecular flexibility index (Phi) is 3.20. The van der Waals surface area contributed by atoms with Crippen molar-refractivity contribution in [2.24, 2.45) is 5.84 Å². The maximum Gasteiger partial charge on any atom is 0.271 e. The van der Waals surface area contributed by atoms with Gasteiger partial charge >= 0.3 is 0 Å². The van der Waals surface area contributed by atoms with Crippen LogP contribution in [0.15, 0.2) is 18.2 Å². The highest BCUT2D eigenvalue weighted by molar-refractivity contribution is 6.05. The van der Waals surface area contributed by atoms with Crippen LogP contribution < -0.4 is 20.9 Å². The third kappa shape index (κ3) is 2.39. The van der Waals surface area contributed by atoms with Crippen molar-refractivity contribution in [2.45, 2.75) is 26.4 Å². The van der Waals surface area contributed by atoms with Crippen molar-refractivity contribution in [2.75, 3.05) is 11.4 Å². The molecule has 1 aromatic rings. The molecule has 0 fully saturated rings. The summed E-state index contributed by atoms with van der Waals surface area (Å²) in [4.78, 5) is 25.2. The molecule has 0 unspecified atom stereocenters. The number of hydrogen-bond donors (Lipinski definition) is 2. The molecular weight excluding hydrogens is 246 g/mol. The van der Waals surface area contributed by atoms with Crippen molar-refractivity contribution < 1.29 is 14.3 Å². The molecule has 2 amide bonds. The van der Waals surface area contributed by atoms with E-state index >= 15 is 0 Å². The highest BCUT2D eigenvalue weighted by Crippen LogP contribution is 2.38. The molecule has 0 radical (unpaired) electrons. The zero-order valence-corrected chi connectivity index (χ0v) is 11.2. The number of nitrogens with zero attached hydrogens (tertiary/aromatic N) is 1. The maximum absolute atomic E-state index is 12.4. The number of hydrazine groups is 1. The van der Waals surface area contributed by atoms with E-state index in [1.807, 2.05) is 24.5 Å².